The van der Waals surface area contributed by atoms with Crippen molar-refractivity contribution < 1.29 is 31.1 Å². The molecular weight excluding hydrogens is 502 g/mol. The van der Waals surface area contributed by atoms with Crippen molar-refractivity contribution >= 4 is 5.57 Å². The van der Waals surface area contributed by atoms with Gasteiger partial charge >= 0.3 is 0 Å². The number of allylic oxidation sites excluding steroid dienone is 2. The van der Waals surface area contributed by atoms with Gasteiger partial charge in [-0.2, -0.15) is 4.39 Å². The summed E-state index contributed by atoms with van der Waals surface area (Å²) in [6.45, 7) is 3.77. The molecule has 0 saturated carbocycles. The van der Waals surface area contributed by atoms with E-state index >= 15 is 4.39 Å². The molecule has 0 bridgehead atoms. The third-order valence-electron chi connectivity index (χ3n) is 7.16. The normalized spacial score (nSPS) is 15.5. The van der Waals surface area contributed by atoms with Crippen LogP contribution >= 0.6 is 0 Å². The molecule has 0 N–H and O–H groups in total. The first-order valence-corrected chi connectivity index (χ1v) is 13.0. The highest BCUT2D eigenvalue weighted by atomic mass is 19.2. The Morgan fingerprint density at radius 3 is 1.87 bits per heavy atom. The number of hydrogen-bond donors (Lipinski definition) is 0. The third kappa shape index (κ3) is 5.62. The fourth-order valence-electron chi connectivity index (χ4n) is 5.08. The number of halogens is 6. The fraction of sp³-hybridized carbons (Fsp3) is 0.355. The van der Waals surface area contributed by atoms with Crippen LogP contribution in [0.1, 0.15) is 73.3 Å². The Balaban J connectivity index is 1.47. The van der Waals surface area contributed by atoms with E-state index in [1.807, 2.05) is 6.92 Å². The molecule has 0 saturated heterocycles. The van der Waals surface area contributed by atoms with Crippen molar-refractivity contribution in [2.75, 3.05) is 6.61 Å². The number of rotatable bonds is 9. The quantitative estimate of drug-likeness (QED) is 0.250. The van der Waals surface area contributed by atoms with Crippen LogP contribution in [0.25, 0.3) is 5.57 Å². The molecule has 3 aromatic rings. The fourth-order valence-corrected chi connectivity index (χ4v) is 5.08. The summed E-state index contributed by atoms with van der Waals surface area (Å²) in [4.78, 5) is 0. The van der Waals surface area contributed by atoms with Crippen LogP contribution in [0.3, 0.4) is 0 Å². The van der Waals surface area contributed by atoms with E-state index in [1.165, 1.54) is 36.4 Å². The first kappa shape index (κ1) is 27.8. The summed E-state index contributed by atoms with van der Waals surface area (Å²) in [6, 6.07) is 8.89. The second-order valence-electron chi connectivity index (χ2n) is 9.58. The van der Waals surface area contributed by atoms with Gasteiger partial charge in [0, 0.05) is 5.56 Å². The monoisotopic (exact) mass is 532 g/mol. The molecule has 1 aliphatic rings. The van der Waals surface area contributed by atoms with Gasteiger partial charge in [-0.1, -0.05) is 49.8 Å². The van der Waals surface area contributed by atoms with Gasteiger partial charge in [0.1, 0.15) is 0 Å². The van der Waals surface area contributed by atoms with Crippen LogP contribution in [0.5, 0.6) is 5.75 Å². The van der Waals surface area contributed by atoms with E-state index in [-0.39, 0.29) is 53.4 Å². The average Bonchev–Trinajstić information content (AvgIpc) is 2.92. The van der Waals surface area contributed by atoms with Crippen molar-refractivity contribution in [3.63, 3.8) is 0 Å². The molecule has 0 spiro atoms. The summed E-state index contributed by atoms with van der Waals surface area (Å²) >= 11 is 0. The predicted octanol–water partition coefficient (Wildman–Crippen LogP) is 9.01. The third-order valence-corrected chi connectivity index (χ3v) is 7.16. The van der Waals surface area contributed by atoms with Crippen LogP contribution in [0.2, 0.25) is 0 Å². The molecule has 0 aliphatic heterocycles. The maximum absolute atomic E-state index is 15.0. The van der Waals surface area contributed by atoms with Gasteiger partial charge in [0.25, 0.3) is 0 Å². The minimum absolute atomic E-state index is 0.0101. The van der Waals surface area contributed by atoms with Crippen molar-refractivity contribution in [1.82, 2.24) is 0 Å². The molecule has 4 rings (SSSR count). The summed E-state index contributed by atoms with van der Waals surface area (Å²) in [5.74, 6) is -6.27. The molecule has 0 heterocycles. The summed E-state index contributed by atoms with van der Waals surface area (Å²) < 4.78 is 92.6. The highest BCUT2D eigenvalue weighted by Gasteiger charge is 2.25. The molecule has 3 aromatic carbocycles. The van der Waals surface area contributed by atoms with E-state index in [9.17, 15) is 22.0 Å². The van der Waals surface area contributed by atoms with E-state index < -0.39 is 34.9 Å². The van der Waals surface area contributed by atoms with Crippen LogP contribution in [0.4, 0.5) is 26.3 Å². The van der Waals surface area contributed by atoms with Crippen LogP contribution in [-0.2, 0) is 19.3 Å². The number of ether oxygens (including phenoxy) is 1. The Bertz CT molecular complexity index is 1350. The minimum atomic E-state index is -1.03. The van der Waals surface area contributed by atoms with Gasteiger partial charge in [-0.05, 0) is 85.3 Å². The summed E-state index contributed by atoms with van der Waals surface area (Å²) in [7, 11) is 0. The van der Waals surface area contributed by atoms with E-state index in [2.05, 4.69) is 0 Å². The Morgan fingerprint density at radius 2 is 1.29 bits per heavy atom. The minimum Gasteiger partial charge on any atom is -0.491 e. The zero-order valence-corrected chi connectivity index (χ0v) is 21.5. The van der Waals surface area contributed by atoms with Gasteiger partial charge in [0.2, 0.25) is 5.82 Å². The van der Waals surface area contributed by atoms with Crippen LogP contribution in [0.15, 0.2) is 42.5 Å². The van der Waals surface area contributed by atoms with E-state index in [4.69, 9.17) is 4.74 Å². The number of benzene rings is 3. The van der Waals surface area contributed by atoms with Crippen LogP contribution in [0, 0.1) is 34.9 Å². The highest BCUT2D eigenvalue weighted by molar-refractivity contribution is 5.67. The van der Waals surface area contributed by atoms with Crippen molar-refractivity contribution in [1.29, 1.82) is 0 Å². The van der Waals surface area contributed by atoms with Crippen molar-refractivity contribution in [3.8, 4) is 5.75 Å². The zero-order chi connectivity index (χ0) is 27.4. The first-order valence-electron chi connectivity index (χ1n) is 13.0. The molecule has 1 aliphatic carbocycles. The maximum Gasteiger partial charge on any atom is 0.200 e. The summed E-state index contributed by atoms with van der Waals surface area (Å²) in [6.07, 6.45) is 4.03. The van der Waals surface area contributed by atoms with Gasteiger partial charge in [0.15, 0.2) is 34.8 Å². The zero-order valence-electron chi connectivity index (χ0n) is 21.5. The van der Waals surface area contributed by atoms with Gasteiger partial charge < -0.3 is 4.74 Å². The predicted molar refractivity (Wildman–Crippen MR) is 136 cm³/mol. The van der Waals surface area contributed by atoms with Gasteiger partial charge in [-0.3, -0.25) is 0 Å². The molecule has 0 aromatic heterocycles. The second-order valence-corrected chi connectivity index (χ2v) is 9.58. The van der Waals surface area contributed by atoms with E-state index in [1.54, 1.807) is 13.0 Å². The SMILES string of the molecule is CCCc1ccc(CCc2ccc(C3=CCC(c4ccc(OCC)c(F)c4F)CC3)c(F)c2F)c(F)c1F. The highest BCUT2D eigenvalue weighted by Crippen LogP contribution is 2.39. The Morgan fingerprint density at radius 1 is 0.684 bits per heavy atom. The lowest BCUT2D eigenvalue weighted by atomic mass is 9.82. The lowest BCUT2D eigenvalue weighted by molar-refractivity contribution is 0.312. The standard InChI is InChI=1S/C31H30F6O/c1-3-5-20-10-11-21(27(33)26(20)32)12-13-22-14-15-23(29(35)28(22)34)18-6-8-19(9-7-18)24-16-17-25(38-4-2)31(37)30(24)36/h6,10-11,14-17,19H,3-5,7-9,12-13H2,1-2H3. The average molecular weight is 533 g/mol. The van der Waals surface area contributed by atoms with Crippen LogP contribution < -0.4 is 4.74 Å². The molecule has 1 nitrogen and oxygen atoms in total. The van der Waals surface area contributed by atoms with Crippen molar-refractivity contribution in [2.24, 2.45) is 0 Å². The maximum atomic E-state index is 15.0. The van der Waals surface area contributed by atoms with Gasteiger partial charge in [0.05, 0.1) is 6.61 Å². The Hall–Kier alpha value is -3.22. The molecule has 38 heavy (non-hydrogen) atoms. The molecular formula is C31H30F6O. The molecule has 0 radical (unpaired) electrons. The lowest BCUT2D eigenvalue weighted by Gasteiger charge is -2.24. The first-order chi connectivity index (χ1) is 18.3. The Labute approximate surface area is 219 Å². The van der Waals surface area contributed by atoms with E-state index in [0.29, 0.717) is 43.2 Å². The lowest BCUT2D eigenvalue weighted by Crippen LogP contribution is -2.10. The molecule has 1 unspecified atom stereocenters. The van der Waals surface area contributed by atoms with Gasteiger partial charge in [-0.25, -0.2) is 22.0 Å². The molecule has 7 heteroatoms. The molecule has 0 fully saturated rings. The number of hydrogen-bond acceptors (Lipinski definition) is 1. The van der Waals surface area contributed by atoms with Crippen molar-refractivity contribution in [3.05, 3.63) is 105 Å². The van der Waals surface area contributed by atoms with E-state index in [0.717, 1.165) is 0 Å². The van der Waals surface area contributed by atoms with Gasteiger partial charge in [-0.15, -0.1) is 0 Å². The van der Waals surface area contributed by atoms with Crippen molar-refractivity contribution in [2.45, 2.75) is 64.7 Å². The molecule has 0 amide bonds. The number of aryl methyl sites for hydroxylation is 3. The topological polar surface area (TPSA) is 9.23 Å². The smallest absolute Gasteiger partial charge is 0.200 e. The molecule has 202 valence electrons. The largest absolute Gasteiger partial charge is 0.491 e. The molecule has 1 atom stereocenters. The summed E-state index contributed by atoms with van der Waals surface area (Å²) in [5, 5.41) is 0. The Kier molecular flexibility index (Phi) is 8.85. The van der Waals surface area contributed by atoms with Crippen LogP contribution in [-0.4, -0.2) is 6.61 Å². The second kappa shape index (κ2) is 12.1. The summed E-state index contributed by atoms with van der Waals surface area (Å²) in [5.41, 5.74) is 1.43.